The molecule has 0 amide bonds. The van der Waals surface area contributed by atoms with Gasteiger partial charge in [0.15, 0.2) is 0 Å². The van der Waals surface area contributed by atoms with Crippen LogP contribution in [-0.4, -0.2) is 14.1 Å². The normalized spacial score (nSPS) is 39.8. The Kier molecular flexibility index (Phi) is 3.11. The summed E-state index contributed by atoms with van der Waals surface area (Å²) in [5, 5.41) is 0. The van der Waals surface area contributed by atoms with Crippen LogP contribution in [0.5, 0.6) is 0 Å². The fraction of sp³-hybridized carbons (Fsp3) is 0.786. The molecule has 0 N–H and O–H groups in total. The number of rotatable bonds is 0. The van der Waals surface area contributed by atoms with E-state index in [9.17, 15) is 4.79 Å². The summed E-state index contributed by atoms with van der Waals surface area (Å²) in [5.74, 6) is 2.12. The van der Waals surface area contributed by atoms with Crippen molar-refractivity contribution in [3.8, 4) is 0 Å². The molecule has 2 unspecified atom stereocenters. The van der Waals surface area contributed by atoms with Crippen LogP contribution in [0.4, 0.5) is 0 Å². The van der Waals surface area contributed by atoms with E-state index in [1.54, 1.807) is 5.57 Å². The molecule has 1 fully saturated rings. The van der Waals surface area contributed by atoms with Gasteiger partial charge in [0.25, 0.3) is 0 Å². The van der Waals surface area contributed by atoms with Gasteiger partial charge in [-0.2, -0.15) is 0 Å². The predicted molar refractivity (Wildman–Crippen MR) is 61.0 cm³/mol. The second-order valence-electron chi connectivity index (χ2n) is 5.54. The standard InChI is InChI=1S/C14H20IO/c1-9-4-2-6-11-13-10(8-15-14(9)11)5-3-7-12(13)16/h9,11,14H,2-8H2,1H3/q-1/t9?,11?,14-/m1/s1. The van der Waals surface area contributed by atoms with Gasteiger partial charge in [0, 0.05) is 0 Å². The van der Waals surface area contributed by atoms with Gasteiger partial charge in [0.1, 0.15) is 0 Å². The summed E-state index contributed by atoms with van der Waals surface area (Å²) >= 11 is 0.338. The maximum absolute atomic E-state index is 12.1. The maximum atomic E-state index is 12.1. The summed E-state index contributed by atoms with van der Waals surface area (Å²) in [5.41, 5.74) is 2.94. The molecule has 0 bridgehead atoms. The van der Waals surface area contributed by atoms with Gasteiger partial charge in [0.05, 0.1) is 0 Å². The van der Waals surface area contributed by atoms with Crippen LogP contribution in [0.15, 0.2) is 11.1 Å². The minimum absolute atomic E-state index is 0.338. The number of fused-ring (bicyclic) bond motifs is 2. The summed E-state index contributed by atoms with van der Waals surface area (Å²) < 4.78 is 2.28. The van der Waals surface area contributed by atoms with E-state index in [0.29, 0.717) is 32.9 Å². The second kappa shape index (κ2) is 4.43. The first-order valence-corrected chi connectivity index (χ1v) is 9.37. The number of halogens is 1. The van der Waals surface area contributed by atoms with Gasteiger partial charge in [-0.1, -0.05) is 0 Å². The number of hydrogen-bond acceptors (Lipinski definition) is 1. The zero-order chi connectivity index (χ0) is 11.1. The first kappa shape index (κ1) is 11.2. The molecule has 3 rings (SSSR count). The van der Waals surface area contributed by atoms with E-state index in [0.717, 1.165) is 22.7 Å². The Hall–Kier alpha value is 0.140. The van der Waals surface area contributed by atoms with Crippen molar-refractivity contribution >= 4 is 5.78 Å². The van der Waals surface area contributed by atoms with E-state index in [1.165, 1.54) is 35.7 Å². The summed E-state index contributed by atoms with van der Waals surface area (Å²) in [6.07, 6.45) is 7.31. The molecule has 1 heterocycles. The van der Waals surface area contributed by atoms with Crippen LogP contribution in [0.25, 0.3) is 0 Å². The topological polar surface area (TPSA) is 17.1 Å². The van der Waals surface area contributed by atoms with Crippen LogP contribution >= 0.6 is 0 Å². The molecule has 0 saturated heterocycles. The van der Waals surface area contributed by atoms with E-state index in [4.69, 9.17) is 0 Å². The monoisotopic (exact) mass is 331 g/mol. The molecule has 16 heavy (non-hydrogen) atoms. The van der Waals surface area contributed by atoms with Gasteiger partial charge in [-0.25, -0.2) is 0 Å². The Morgan fingerprint density at radius 2 is 2.06 bits per heavy atom. The number of alkyl halides is 2. The Morgan fingerprint density at radius 3 is 2.94 bits per heavy atom. The Morgan fingerprint density at radius 1 is 1.19 bits per heavy atom. The van der Waals surface area contributed by atoms with Crippen molar-refractivity contribution in [3.05, 3.63) is 11.1 Å². The molecule has 2 heteroatoms. The van der Waals surface area contributed by atoms with Gasteiger partial charge >= 0.3 is 109 Å². The third-order valence-electron chi connectivity index (χ3n) is 4.45. The fourth-order valence-corrected chi connectivity index (χ4v) is 8.05. The van der Waals surface area contributed by atoms with Crippen molar-refractivity contribution in [2.75, 3.05) is 4.43 Å². The molecule has 3 aliphatic rings. The van der Waals surface area contributed by atoms with Crippen LogP contribution in [0.2, 0.25) is 0 Å². The van der Waals surface area contributed by atoms with Gasteiger partial charge in [0.2, 0.25) is 0 Å². The minimum atomic E-state index is 0.338. The average molecular weight is 331 g/mol. The van der Waals surface area contributed by atoms with Crippen LogP contribution in [0, 0.1) is 11.8 Å². The Balaban J connectivity index is 1.95. The number of ketones is 1. The van der Waals surface area contributed by atoms with Crippen LogP contribution in [-0.2, 0) is 4.79 Å². The fourth-order valence-electron chi connectivity index (χ4n) is 3.66. The molecule has 90 valence electrons. The van der Waals surface area contributed by atoms with Gasteiger partial charge in [-0.15, -0.1) is 0 Å². The van der Waals surface area contributed by atoms with Gasteiger partial charge in [-0.05, 0) is 0 Å². The Bertz CT molecular complexity index is 345. The van der Waals surface area contributed by atoms with E-state index in [-0.39, 0.29) is 0 Å². The Labute approximate surface area is 108 Å². The molecule has 2 aliphatic carbocycles. The molecular formula is C14H20IO-. The van der Waals surface area contributed by atoms with Crippen molar-refractivity contribution in [1.82, 2.24) is 0 Å². The van der Waals surface area contributed by atoms with E-state index < -0.39 is 0 Å². The molecule has 0 spiro atoms. The number of Topliss-reactive ketones (excluding diaryl/α,β-unsaturated/α-hetero) is 1. The van der Waals surface area contributed by atoms with E-state index >= 15 is 0 Å². The van der Waals surface area contributed by atoms with Crippen molar-refractivity contribution < 1.29 is 26.0 Å². The SMILES string of the molecule is CC1CCCC2C3=C(CCCC3=O)C[I-][C@H]12. The molecule has 1 aliphatic heterocycles. The molecule has 0 radical (unpaired) electrons. The molecule has 0 aromatic carbocycles. The quantitative estimate of drug-likeness (QED) is 0.449. The summed E-state index contributed by atoms with van der Waals surface area (Å²) in [6, 6.07) is 0. The third kappa shape index (κ3) is 1.77. The summed E-state index contributed by atoms with van der Waals surface area (Å²) in [7, 11) is 0. The van der Waals surface area contributed by atoms with Gasteiger partial charge < -0.3 is 0 Å². The van der Waals surface area contributed by atoms with Crippen LogP contribution in [0.3, 0.4) is 0 Å². The number of carbonyl (C=O) groups is 1. The van der Waals surface area contributed by atoms with Crippen molar-refractivity contribution in [2.24, 2.45) is 11.8 Å². The van der Waals surface area contributed by atoms with Crippen molar-refractivity contribution in [3.63, 3.8) is 0 Å². The molecule has 0 aromatic heterocycles. The summed E-state index contributed by atoms with van der Waals surface area (Å²) in [4.78, 5) is 12.1. The number of hydrogen-bond donors (Lipinski definition) is 0. The molecule has 3 atom stereocenters. The molecule has 1 nitrogen and oxygen atoms in total. The first-order valence-electron chi connectivity index (χ1n) is 6.60. The molecule has 1 saturated carbocycles. The zero-order valence-corrected chi connectivity index (χ0v) is 12.1. The van der Waals surface area contributed by atoms with Crippen molar-refractivity contribution in [1.29, 1.82) is 0 Å². The predicted octanol–water partition coefficient (Wildman–Crippen LogP) is -0.0566. The first-order chi connectivity index (χ1) is 7.77. The van der Waals surface area contributed by atoms with Crippen LogP contribution in [0.1, 0.15) is 45.4 Å². The second-order valence-corrected chi connectivity index (χ2v) is 8.62. The van der Waals surface area contributed by atoms with Crippen molar-refractivity contribution in [2.45, 2.75) is 49.4 Å². The average Bonchev–Trinajstić information content (AvgIpc) is 2.29. The van der Waals surface area contributed by atoms with Gasteiger partial charge in [-0.3, -0.25) is 0 Å². The number of carbonyl (C=O) groups excluding carboxylic acids is 1. The summed E-state index contributed by atoms with van der Waals surface area (Å²) in [6.45, 7) is 2.43. The zero-order valence-electron chi connectivity index (χ0n) is 9.97. The van der Waals surface area contributed by atoms with E-state index in [1.807, 2.05) is 0 Å². The third-order valence-corrected chi connectivity index (χ3v) is 8.93. The molecular weight excluding hydrogens is 311 g/mol. The van der Waals surface area contributed by atoms with E-state index in [2.05, 4.69) is 6.92 Å². The molecule has 0 aromatic rings. The number of allylic oxidation sites excluding steroid dienone is 2. The van der Waals surface area contributed by atoms with Crippen LogP contribution < -0.4 is 21.2 Å².